The van der Waals surface area contributed by atoms with Crippen LogP contribution in [0.5, 0.6) is 0 Å². The Kier molecular flexibility index (Phi) is 6.40. The lowest BCUT2D eigenvalue weighted by molar-refractivity contribution is 0.263. The van der Waals surface area contributed by atoms with Gasteiger partial charge in [-0.15, -0.1) is 0 Å². The molecule has 1 heterocycles. The number of hydrogen-bond donors (Lipinski definition) is 1. The molecule has 0 aliphatic heterocycles. The minimum absolute atomic E-state index is 0.0741. The standard InChI is InChI=1S/C19H27N3OS/c1-14-8-9-15(2)17(13-14)20-19(24)22(11-10-21(4)5)16(3)18-7-6-12-23-18/h6-9,12-13,16H,10-11H2,1-5H3,(H,20,24)/t16-/m1/s1. The average molecular weight is 346 g/mol. The normalized spacial score (nSPS) is 12.2. The fourth-order valence-corrected chi connectivity index (χ4v) is 2.88. The van der Waals surface area contributed by atoms with Gasteiger partial charge in [-0.05, 0) is 76.4 Å². The van der Waals surface area contributed by atoms with Crippen LogP contribution in [0.3, 0.4) is 0 Å². The first-order chi connectivity index (χ1) is 11.4. The first kappa shape index (κ1) is 18.5. The van der Waals surface area contributed by atoms with Crippen molar-refractivity contribution in [1.82, 2.24) is 9.80 Å². The zero-order valence-corrected chi connectivity index (χ0v) is 16.0. The van der Waals surface area contributed by atoms with Crippen molar-refractivity contribution in [2.75, 3.05) is 32.5 Å². The van der Waals surface area contributed by atoms with Crippen molar-refractivity contribution in [3.63, 3.8) is 0 Å². The Labute approximate surface area is 150 Å². The van der Waals surface area contributed by atoms with E-state index in [4.69, 9.17) is 16.6 Å². The molecule has 0 fully saturated rings. The number of rotatable bonds is 6. The summed E-state index contributed by atoms with van der Waals surface area (Å²) in [6.07, 6.45) is 1.71. The van der Waals surface area contributed by atoms with Gasteiger partial charge in [0.1, 0.15) is 5.76 Å². The third-order valence-corrected chi connectivity index (χ3v) is 4.44. The van der Waals surface area contributed by atoms with Crippen LogP contribution in [0.1, 0.15) is 29.9 Å². The smallest absolute Gasteiger partial charge is 0.174 e. The number of nitrogens with zero attached hydrogens (tertiary/aromatic N) is 2. The highest BCUT2D eigenvalue weighted by atomic mass is 32.1. The summed E-state index contributed by atoms with van der Waals surface area (Å²) in [4.78, 5) is 4.33. The van der Waals surface area contributed by atoms with Gasteiger partial charge in [-0.1, -0.05) is 12.1 Å². The third kappa shape index (κ3) is 4.82. The summed E-state index contributed by atoms with van der Waals surface area (Å²) in [7, 11) is 4.13. The predicted molar refractivity (Wildman–Crippen MR) is 105 cm³/mol. The summed E-state index contributed by atoms with van der Waals surface area (Å²) < 4.78 is 5.58. The maximum atomic E-state index is 5.72. The Morgan fingerprint density at radius 2 is 1.96 bits per heavy atom. The first-order valence-electron chi connectivity index (χ1n) is 8.21. The van der Waals surface area contributed by atoms with E-state index in [-0.39, 0.29) is 6.04 Å². The molecule has 0 aliphatic rings. The Morgan fingerprint density at radius 3 is 2.58 bits per heavy atom. The van der Waals surface area contributed by atoms with E-state index in [0.717, 1.165) is 29.6 Å². The van der Waals surface area contributed by atoms with Crippen LogP contribution in [-0.4, -0.2) is 42.1 Å². The molecule has 0 saturated carbocycles. The van der Waals surface area contributed by atoms with Crippen LogP contribution in [0, 0.1) is 13.8 Å². The highest BCUT2D eigenvalue weighted by molar-refractivity contribution is 7.80. The first-order valence-corrected chi connectivity index (χ1v) is 8.62. The molecule has 2 aromatic rings. The Balaban J connectivity index is 2.18. The number of likely N-dealkylation sites (N-methyl/N-ethyl adjacent to an activating group) is 1. The zero-order chi connectivity index (χ0) is 17.7. The third-order valence-electron chi connectivity index (χ3n) is 4.11. The van der Waals surface area contributed by atoms with Crippen molar-refractivity contribution in [1.29, 1.82) is 0 Å². The molecule has 0 spiro atoms. The number of aryl methyl sites for hydroxylation is 2. The minimum Gasteiger partial charge on any atom is -0.467 e. The van der Waals surface area contributed by atoms with Crippen molar-refractivity contribution >= 4 is 23.0 Å². The van der Waals surface area contributed by atoms with Gasteiger partial charge in [0.15, 0.2) is 5.11 Å². The fraction of sp³-hybridized carbons (Fsp3) is 0.421. The topological polar surface area (TPSA) is 31.6 Å². The number of hydrogen-bond acceptors (Lipinski definition) is 3. The SMILES string of the molecule is Cc1ccc(C)c(NC(=S)N(CCN(C)C)[C@H](C)c2ccco2)c1. The molecular weight excluding hydrogens is 318 g/mol. The van der Waals surface area contributed by atoms with Crippen LogP contribution in [0.15, 0.2) is 41.0 Å². The van der Waals surface area contributed by atoms with Gasteiger partial charge >= 0.3 is 0 Å². The fourth-order valence-electron chi connectivity index (χ4n) is 2.52. The van der Waals surface area contributed by atoms with Crippen LogP contribution < -0.4 is 5.32 Å². The molecule has 0 unspecified atom stereocenters. The van der Waals surface area contributed by atoms with E-state index >= 15 is 0 Å². The second kappa shape index (κ2) is 8.31. The minimum atomic E-state index is 0.0741. The van der Waals surface area contributed by atoms with E-state index in [1.54, 1.807) is 6.26 Å². The molecule has 0 aliphatic carbocycles. The number of anilines is 1. The van der Waals surface area contributed by atoms with E-state index < -0.39 is 0 Å². The lowest BCUT2D eigenvalue weighted by Crippen LogP contribution is -2.40. The monoisotopic (exact) mass is 345 g/mol. The molecule has 0 radical (unpaired) electrons. The van der Waals surface area contributed by atoms with E-state index in [0.29, 0.717) is 0 Å². The molecule has 130 valence electrons. The van der Waals surface area contributed by atoms with Gasteiger partial charge in [0.05, 0.1) is 12.3 Å². The van der Waals surface area contributed by atoms with Gasteiger partial charge in [0, 0.05) is 18.8 Å². The second-order valence-corrected chi connectivity index (χ2v) is 6.82. The van der Waals surface area contributed by atoms with E-state index in [9.17, 15) is 0 Å². The molecule has 1 atom stereocenters. The summed E-state index contributed by atoms with van der Waals surface area (Å²) >= 11 is 5.72. The van der Waals surface area contributed by atoms with E-state index in [1.807, 2.05) is 12.1 Å². The van der Waals surface area contributed by atoms with Crippen molar-refractivity contribution in [2.24, 2.45) is 0 Å². The molecule has 1 aromatic heterocycles. The molecule has 1 aromatic carbocycles. The molecule has 24 heavy (non-hydrogen) atoms. The molecule has 1 N–H and O–H groups in total. The van der Waals surface area contributed by atoms with Crippen molar-refractivity contribution in [2.45, 2.75) is 26.8 Å². The van der Waals surface area contributed by atoms with Gasteiger partial charge in [-0.3, -0.25) is 0 Å². The number of nitrogens with one attached hydrogen (secondary N) is 1. The van der Waals surface area contributed by atoms with Crippen LogP contribution in [0.4, 0.5) is 5.69 Å². The maximum Gasteiger partial charge on any atom is 0.174 e. The Bertz CT molecular complexity index is 667. The highest BCUT2D eigenvalue weighted by Crippen LogP contribution is 2.23. The summed E-state index contributed by atoms with van der Waals surface area (Å²) in [5, 5.41) is 4.13. The summed E-state index contributed by atoms with van der Waals surface area (Å²) in [6.45, 7) is 8.03. The van der Waals surface area contributed by atoms with Gasteiger partial charge in [0.25, 0.3) is 0 Å². The van der Waals surface area contributed by atoms with E-state index in [1.165, 1.54) is 11.1 Å². The second-order valence-electron chi connectivity index (χ2n) is 6.44. The van der Waals surface area contributed by atoms with Gasteiger partial charge in [-0.2, -0.15) is 0 Å². The van der Waals surface area contributed by atoms with Crippen molar-refractivity contribution in [3.8, 4) is 0 Å². The molecular formula is C19H27N3OS. The van der Waals surface area contributed by atoms with Crippen LogP contribution >= 0.6 is 12.2 Å². The largest absolute Gasteiger partial charge is 0.467 e. The average Bonchev–Trinajstić information content (AvgIpc) is 3.05. The van der Waals surface area contributed by atoms with Gasteiger partial charge < -0.3 is 19.5 Å². The van der Waals surface area contributed by atoms with E-state index in [2.05, 4.69) is 68.2 Å². The van der Waals surface area contributed by atoms with Crippen LogP contribution in [0.2, 0.25) is 0 Å². The number of thiocarbonyl (C=S) groups is 1. The molecule has 2 rings (SSSR count). The Hall–Kier alpha value is -1.85. The molecule has 0 saturated heterocycles. The summed E-state index contributed by atoms with van der Waals surface area (Å²) in [6, 6.07) is 10.3. The lowest BCUT2D eigenvalue weighted by Gasteiger charge is -2.32. The van der Waals surface area contributed by atoms with Crippen LogP contribution in [-0.2, 0) is 0 Å². The van der Waals surface area contributed by atoms with Crippen LogP contribution in [0.25, 0.3) is 0 Å². The van der Waals surface area contributed by atoms with Crippen molar-refractivity contribution < 1.29 is 4.42 Å². The Morgan fingerprint density at radius 1 is 1.21 bits per heavy atom. The molecule has 5 heteroatoms. The maximum absolute atomic E-state index is 5.72. The van der Waals surface area contributed by atoms with Gasteiger partial charge in [0.2, 0.25) is 0 Å². The number of furan rings is 1. The summed E-state index contributed by atoms with van der Waals surface area (Å²) in [5.74, 6) is 0.916. The molecule has 4 nitrogen and oxygen atoms in total. The summed E-state index contributed by atoms with van der Waals surface area (Å²) in [5.41, 5.74) is 3.45. The molecule has 0 amide bonds. The lowest BCUT2D eigenvalue weighted by atomic mass is 10.1. The molecule has 0 bridgehead atoms. The predicted octanol–water partition coefficient (Wildman–Crippen LogP) is 4.22. The number of benzene rings is 1. The quantitative estimate of drug-likeness (QED) is 0.793. The highest BCUT2D eigenvalue weighted by Gasteiger charge is 2.21. The van der Waals surface area contributed by atoms with Crippen molar-refractivity contribution in [3.05, 3.63) is 53.5 Å². The van der Waals surface area contributed by atoms with Gasteiger partial charge in [-0.25, -0.2) is 0 Å². The zero-order valence-electron chi connectivity index (χ0n) is 15.2.